The van der Waals surface area contributed by atoms with Crippen LogP contribution in [0, 0.1) is 5.82 Å². The van der Waals surface area contributed by atoms with Gasteiger partial charge in [0.1, 0.15) is 16.7 Å². The van der Waals surface area contributed by atoms with Crippen molar-refractivity contribution in [2.45, 2.75) is 31.7 Å². The van der Waals surface area contributed by atoms with Crippen molar-refractivity contribution in [1.29, 1.82) is 0 Å². The van der Waals surface area contributed by atoms with E-state index < -0.39 is 0 Å². The van der Waals surface area contributed by atoms with E-state index in [-0.39, 0.29) is 36.8 Å². The van der Waals surface area contributed by atoms with Gasteiger partial charge in [0, 0.05) is 19.2 Å². The monoisotopic (exact) mass is 408 g/mol. The number of carbonyl (C=O) groups excluding carboxylic acids is 2. The van der Waals surface area contributed by atoms with Crippen LogP contribution in [0.3, 0.4) is 0 Å². The van der Waals surface area contributed by atoms with Gasteiger partial charge in [0.25, 0.3) is 5.91 Å². The van der Waals surface area contributed by atoms with Gasteiger partial charge in [-0.15, -0.1) is 0 Å². The van der Waals surface area contributed by atoms with Crippen LogP contribution in [0.15, 0.2) is 29.2 Å². The van der Waals surface area contributed by atoms with E-state index in [2.05, 4.69) is 0 Å². The van der Waals surface area contributed by atoms with Crippen LogP contribution in [0.25, 0.3) is 6.08 Å². The molecular formula is C19H21FN2O3S2. The van der Waals surface area contributed by atoms with Gasteiger partial charge < -0.3 is 10.0 Å². The SMILES string of the molecule is O=C1/C(=C/c2ccc(F)cc2)SC(=S)N1CC(=O)N1CCCC[C@H]1CCO. The summed E-state index contributed by atoms with van der Waals surface area (Å²) in [6.45, 7) is 0.590. The third-order valence-electron chi connectivity index (χ3n) is 4.74. The number of hydrogen-bond acceptors (Lipinski definition) is 5. The van der Waals surface area contributed by atoms with E-state index in [0.717, 1.165) is 31.0 Å². The molecule has 2 amide bonds. The van der Waals surface area contributed by atoms with Crippen molar-refractivity contribution in [2.24, 2.45) is 0 Å². The van der Waals surface area contributed by atoms with Gasteiger partial charge in [0.05, 0.1) is 4.91 Å². The number of amides is 2. The fraction of sp³-hybridized carbons (Fsp3) is 0.421. The summed E-state index contributed by atoms with van der Waals surface area (Å²) in [7, 11) is 0. The molecule has 1 atom stereocenters. The van der Waals surface area contributed by atoms with E-state index in [4.69, 9.17) is 12.2 Å². The normalized spacial score (nSPS) is 22.0. The Balaban J connectivity index is 1.69. The summed E-state index contributed by atoms with van der Waals surface area (Å²) in [5.74, 6) is -0.796. The first-order valence-corrected chi connectivity index (χ1v) is 10.1. The summed E-state index contributed by atoms with van der Waals surface area (Å²) in [6.07, 6.45) is 5.04. The molecule has 0 unspecified atom stereocenters. The minimum atomic E-state index is -0.343. The lowest BCUT2D eigenvalue weighted by molar-refractivity contribution is -0.138. The van der Waals surface area contributed by atoms with Crippen LogP contribution in [-0.4, -0.2) is 56.8 Å². The summed E-state index contributed by atoms with van der Waals surface area (Å²) in [5.41, 5.74) is 0.697. The van der Waals surface area contributed by atoms with Crippen molar-refractivity contribution in [3.63, 3.8) is 0 Å². The fourth-order valence-corrected chi connectivity index (χ4v) is 4.61. The number of hydrogen-bond donors (Lipinski definition) is 1. The Morgan fingerprint density at radius 1 is 1.33 bits per heavy atom. The predicted molar refractivity (Wildman–Crippen MR) is 107 cm³/mol. The lowest BCUT2D eigenvalue weighted by Gasteiger charge is -2.36. The maximum absolute atomic E-state index is 13.0. The Bertz CT molecular complexity index is 765. The molecule has 2 aliphatic heterocycles. The zero-order chi connectivity index (χ0) is 19.4. The number of carbonyl (C=O) groups is 2. The molecule has 27 heavy (non-hydrogen) atoms. The van der Waals surface area contributed by atoms with Gasteiger partial charge >= 0.3 is 0 Å². The number of nitrogens with zero attached hydrogens (tertiary/aromatic N) is 2. The first-order valence-electron chi connectivity index (χ1n) is 8.91. The molecule has 2 aliphatic rings. The summed E-state index contributed by atoms with van der Waals surface area (Å²) in [4.78, 5) is 28.9. The molecule has 3 rings (SSSR count). The summed E-state index contributed by atoms with van der Waals surface area (Å²) >= 11 is 6.43. The zero-order valence-corrected chi connectivity index (χ0v) is 16.4. The Labute approximate surface area is 167 Å². The molecule has 0 radical (unpaired) electrons. The quantitative estimate of drug-likeness (QED) is 0.600. The van der Waals surface area contributed by atoms with Crippen molar-refractivity contribution in [3.05, 3.63) is 40.6 Å². The molecule has 0 bridgehead atoms. The number of thiocarbonyl (C=S) groups is 1. The van der Waals surface area contributed by atoms with E-state index in [1.54, 1.807) is 23.1 Å². The molecule has 1 aromatic carbocycles. The van der Waals surface area contributed by atoms with Gasteiger partial charge in [-0.3, -0.25) is 14.5 Å². The second-order valence-electron chi connectivity index (χ2n) is 6.57. The minimum absolute atomic E-state index is 0.0180. The highest BCUT2D eigenvalue weighted by Crippen LogP contribution is 2.33. The van der Waals surface area contributed by atoms with Crippen molar-refractivity contribution in [1.82, 2.24) is 9.80 Å². The zero-order valence-electron chi connectivity index (χ0n) is 14.8. The molecule has 8 heteroatoms. The Morgan fingerprint density at radius 2 is 2.07 bits per heavy atom. The van der Waals surface area contributed by atoms with Crippen molar-refractivity contribution >= 4 is 46.2 Å². The van der Waals surface area contributed by atoms with Crippen LogP contribution >= 0.6 is 24.0 Å². The molecule has 0 saturated carbocycles. The number of piperidine rings is 1. The van der Waals surface area contributed by atoms with Crippen LogP contribution in [0.1, 0.15) is 31.2 Å². The van der Waals surface area contributed by atoms with Gasteiger partial charge in [-0.25, -0.2) is 4.39 Å². The topological polar surface area (TPSA) is 60.9 Å². The van der Waals surface area contributed by atoms with E-state index in [1.165, 1.54) is 17.0 Å². The first-order chi connectivity index (χ1) is 13.0. The van der Waals surface area contributed by atoms with Crippen LogP contribution < -0.4 is 0 Å². The molecule has 2 heterocycles. The second-order valence-corrected chi connectivity index (χ2v) is 8.24. The van der Waals surface area contributed by atoms with Gasteiger partial charge in [-0.1, -0.05) is 36.1 Å². The average Bonchev–Trinajstić information content (AvgIpc) is 2.91. The fourth-order valence-electron chi connectivity index (χ4n) is 3.35. The molecule has 0 aliphatic carbocycles. The highest BCUT2D eigenvalue weighted by atomic mass is 32.2. The lowest BCUT2D eigenvalue weighted by Crippen LogP contribution is -2.49. The smallest absolute Gasteiger partial charge is 0.266 e. The lowest BCUT2D eigenvalue weighted by atomic mass is 9.99. The predicted octanol–water partition coefficient (Wildman–Crippen LogP) is 2.79. The first kappa shape index (κ1) is 20.0. The van der Waals surface area contributed by atoms with Crippen molar-refractivity contribution in [2.75, 3.05) is 19.7 Å². The molecular weight excluding hydrogens is 387 g/mol. The molecule has 2 saturated heterocycles. The maximum Gasteiger partial charge on any atom is 0.266 e. The van der Waals surface area contributed by atoms with E-state index in [0.29, 0.717) is 27.8 Å². The van der Waals surface area contributed by atoms with Gasteiger partial charge in [0.15, 0.2) is 0 Å². The minimum Gasteiger partial charge on any atom is -0.396 e. The van der Waals surface area contributed by atoms with Gasteiger partial charge in [-0.2, -0.15) is 0 Å². The van der Waals surface area contributed by atoms with E-state index in [9.17, 15) is 19.1 Å². The Hall–Kier alpha value is -1.77. The average molecular weight is 409 g/mol. The molecule has 1 N–H and O–H groups in total. The number of aliphatic hydroxyl groups is 1. The van der Waals surface area contributed by atoms with E-state index in [1.807, 2.05) is 0 Å². The largest absolute Gasteiger partial charge is 0.396 e. The Kier molecular flexibility index (Phi) is 6.62. The molecule has 1 aromatic rings. The molecule has 0 spiro atoms. The molecule has 2 fully saturated rings. The molecule has 0 aromatic heterocycles. The third-order valence-corrected chi connectivity index (χ3v) is 6.12. The number of thioether (sulfide) groups is 1. The second kappa shape index (κ2) is 8.95. The molecule has 144 valence electrons. The van der Waals surface area contributed by atoms with Crippen LogP contribution in [0.5, 0.6) is 0 Å². The highest BCUT2D eigenvalue weighted by molar-refractivity contribution is 8.26. The van der Waals surface area contributed by atoms with Crippen LogP contribution in [0.2, 0.25) is 0 Å². The third kappa shape index (κ3) is 4.75. The van der Waals surface area contributed by atoms with Crippen molar-refractivity contribution in [3.8, 4) is 0 Å². The summed E-state index contributed by atoms with van der Waals surface area (Å²) < 4.78 is 13.4. The Morgan fingerprint density at radius 3 is 2.78 bits per heavy atom. The van der Waals surface area contributed by atoms with E-state index >= 15 is 0 Å². The van der Waals surface area contributed by atoms with Crippen LogP contribution in [0.4, 0.5) is 4.39 Å². The van der Waals surface area contributed by atoms with Gasteiger partial charge in [0.2, 0.25) is 5.91 Å². The number of likely N-dealkylation sites (tertiary alicyclic amines) is 1. The number of benzene rings is 1. The molecule has 5 nitrogen and oxygen atoms in total. The number of halogens is 1. The summed E-state index contributed by atoms with van der Waals surface area (Å²) in [6, 6.07) is 5.84. The number of rotatable bonds is 5. The van der Waals surface area contributed by atoms with Gasteiger partial charge in [-0.05, 0) is 49.5 Å². The maximum atomic E-state index is 13.0. The summed E-state index contributed by atoms with van der Waals surface area (Å²) in [5, 5.41) is 9.22. The van der Waals surface area contributed by atoms with Crippen LogP contribution in [-0.2, 0) is 9.59 Å². The standard InChI is InChI=1S/C19H21FN2O3S2/c20-14-6-4-13(5-7-14)11-16-18(25)22(19(26)27-16)12-17(24)21-9-2-1-3-15(21)8-10-23/h4-7,11,15,23H,1-3,8-10,12H2/b16-11-/t15-/m0/s1. The highest BCUT2D eigenvalue weighted by Gasteiger charge is 2.36. The number of aliphatic hydroxyl groups excluding tert-OH is 1. The van der Waals surface area contributed by atoms with Crippen molar-refractivity contribution < 1.29 is 19.1 Å².